The number of likely N-dealkylation sites (tertiary alicyclic amines) is 1. The number of nitrogens with zero attached hydrogens (tertiary/aromatic N) is 1. The molecule has 218 valence electrons. The smallest absolute Gasteiger partial charge is 0.250 e. The van der Waals surface area contributed by atoms with Crippen molar-refractivity contribution in [2.75, 3.05) is 17.2 Å². The second-order valence-corrected chi connectivity index (χ2v) is 12.3. The summed E-state index contributed by atoms with van der Waals surface area (Å²) in [5, 5.41) is 17.1. The Hall–Kier alpha value is -3.72. The van der Waals surface area contributed by atoms with Gasteiger partial charge in [-0.05, 0) is 67.6 Å². The van der Waals surface area contributed by atoms with Gasteiger partial charge in [-0.2, -0.15) is 0 Å². The summed E-state index contributed by atoms with van der Waals surface area (Å²) < 4.78 is 6.80. The van der Waals surface area contributed by atoms with Crippen LogP contribution in [0.4, 0.5) is 11.4 Å². The highest BCUT2D eigenvalue weighted by atomic mass is 35.5. The molecule has 3 fully saturated rings. The molecule has 0 aromatic heterocycles. The van der Waals surface area contributed by atoms with Crippen molar-refractivity contribution in [1.29, 1.82) is 0 Å². The fraction of sp³-hybridized carbons (Fsp3) is 0.364. The average Bonchev–Trinajstić information content (AvgIpc) is 3.50. The standard InChI is InChI=1S/C33H34ClN3O5/c1-20-18-33-27(26(32(20,2)42-33)29(39)35-23-11-7-4-8-12-23)31(41)37(25(19-38)17-21-9-5-3-6-10-21)28(33)30(40)36-24-15-13-22(34)14-16-24/h3-16,20,25-28,38H,17-19H2,1-2H3,(H,35,39)(H,36,40)/t20?,25-,26+,27+,28?,32-,33?/m1/s1. The Balaban J connectivity index is 1.42. The lowest BCUT2D eigenvalue weighted by Gasteiger charge is -2.37. The lowest BCUT2D eigenvalue weighted by molar-refractivity contribution is -0.147. The minimum atomic E-state index is -1.25. The van der Waals surface area contributed by atoms with Gasteiger partial charge in [0.15, 0.2) is 0 Å². The van der Waals surface area contributed by atoms with Crippen LogP contribution in [0.15, 0.2) is 84.9 Å². The average molecular weight is 588 g/mol. The number of aliphatic hydroxyl groups is 1. The largest absolute Gasteiger partial charge is 0.394 e. The summed E-state index contributed by atoms with van der Waals surface area (Å²) in [7, 11) is 0. The number of halogens is 1. The van der Waals surface area contributed by atoms with Crippen molar-refractivity contribution in [3.8, 4) is 0 Å². The normalized spacial score (nSPS) is 30.2. The molecule has 3 saturated heterocycles. The van der Waals surface area contributed by atoms with Crippen LogP contribution in [0.25, 0.3) is 0 Å². The molecule has 1 spiro atoms. The maximum absolute atomic E-state index is 14.5. The molecule has 3 aliphatic heterocycles. The van der Waals surface area contributed by atoms with Crippen molar-refractivity contribution >= 4 is 40.7 Å². The zero-order chi connectivity index (χ0) is 29.6. The van der Waals surface area contributed by atoms with Crippen LogP contribution >= 0.6 is 11.6 Å². The summed E-state index contributed by atoms with van der Waals surface area (Å²) >= 11 is 6.06. The zero-order valence-corrected chi connectivity index (χ0v) is 24.3. The number of aliphatic hydroxyl groups excluding tert-OH is 1. The summed E-state index contributed by atoms with van der Waals surface area (Å²) in [6.07, 6.45) is 0.762. The van der Waals surface area contributed by atoms with Gasteiger partial charge >= 0.3 is 0 Å². The number of rotatable bonds is 8. The van der Waals surface area contributed by atoms with Crippen molar-refractivity contribution in [3.63, 3.8) is 0 Å². The monoisotopic (exact) mass is 587 g/mol. The van der Waals surface area contributed by atoms with Crippen molar-refractivity contribution in [3.05, 3.63) is 95.5 Å². The number of nitrogens with one attached hydrogen (secondary N) is 2. The molecule has 3 heterocycles. The summed E-state index contributed by atoms with van der Waals surface area (Å²) in [6, 6.07) is 23.6. The number of ether oxygens (including phenoxy) is 1. The van der Waals surface area contributed by atoms with E-state index in [9.17, 15) is 19.5 Å². The summed E-state index contributed by atoms with van der Waals surface area (Å²) in [5.41, 5.74) is -0.152. The molecular weight excluding hydrogens is 554 g/mol. The molecule has 3 aromatic carbocycles. The Morgan fingerprint density at radius 1 is 0.976 bits per heavy atom. The summed E-state index contributed by atoms with van der Waals surface area (Å²) in [4.78, 5) is 44.2. The molecule has 3 N–H and O–H groups in total. The van der Waals surface area contributed by atoms with Crippen LogP contribution in [0.2, 0.25) is 5.02 Å². The number of anilines is 2. The molecule has 3 aromatic rings. The second kappa shape index (κ2) is 10.8. The van der Waals surface area contributed by atoms with Crippen LogP contribution in [0.3, 0.4) is 0 Å². The van der Waals surface area contributed by atoms with Crippen LogP contribution in [-0.4, -0.2) is 57.6 Å². The molecule has 42 heavy (non-hydrogen) atoms. The molecule has 3 amide bonds. The number of amides is 3. The van der Waals surface area contributed by atoms with Gasteiger partial charge in [0.25, 0.3) is 0 Å². The van der Waals surface area contributed by atoms with Gasteiger partial charge in [0.1, 0.15) is 11.6 Å². The van der Waals surface area contributed by atoms with E-state index in [2.05, 4.69) is 10.6 Å². The molecule has 8 nitrogen and oxygen atoms in total. The fourth-order valence-corrected chi connectivity index (χ4v) is 7.52. The Morgan fingerprint density at radius 3 is 2.21 bits per heavy atom. The fourth-order valence-electron chi connectivity index (χ4n) is 7.39. The van der Waals surface area contributed by atoms with Gasteiger partial charge in [-0.3, -0.25) is 14.4 Å². The molecule has 2 bridgehead atoms. The molecule has 3 unspecified atom stereocenters. The molecule has 0 radical (unpaired) electrons. The van der Waals surface area contributed by atoms with Gasteiger partial charge in [-0.15, -0.1) is 0 Å². The number of para-hydroxylation sites is 1. The van der Waals surface area contributed by atoms with Crippen molar-refractivity contribution in [2.45, 2.75) is 50.0 Å². The highest BCUT2D eigenvalue weighted by Gasteiger charge is 2.80. The van der Waals surface area contributed by atoms with Crippen LogP contribution in [0.5, 0.6) is 0 Å². The molecule has 3 aliphatic rings. The van der Waals surface area contributed by atoms with E-state index in [0.717, 1.165) is 5.56 Å². The van der Waals surface area contributed by atoms with E-state index in [1.54, 1.807) is 36.4 Å². The van der Waals surface area contributed by atoms with Gasteiger partial charge in [0.05, 0.1) is 30.1 Å². The lowest BCUT2D eigenvalue weighted by Crippen LogP contribution is -2.57. The van der Waals surface area contributed by atoms with E-state index in [-0.39, 0.29) is 24.3 Å². The van der Waals surface area contributed by atoms with Crippen molar-refractivity contribution in [2.24, 2.45) is 17.8 Å². The van der Waals surface area contributed by atoms with Crippen molar-refractivity contribution < 1.29 is 24.2 Å². The first-order valence-corrected chi connectivity index (χ1v) is 14.6. The minimum absolute atomic E-state index is 0.111. The third kappa shape index (κ3) is 4.58. The first-order chi connectivity index (χ1) is 20.2. The molecule has 9 heteroatoms. The van der Waals surface area contributed by atoms with E-state index in [1.165, 1.54) is 4.90 Å². The Labute approximate surface area is 250 Å². The van der Waals surface area contributed by atoms with E-state index in [0.29, 0.717) is 29.2 Å². The van der Waals surface area contributed by atoms with E-state index in [4.69, 9.17) is 16.3 Å². The van der Waals surface area contributed by atoms with Gasteiger partial charge in [0.2, 0.25) is 17.7 Å². The summed E-state index contributed by atoms with van der Waals surface area (Å²) in [6.45, 7) is 3.52. The number of hydrogen-bond acceptors (Lipinski definition) is 5. The van der Waals surface area contributed by atoms with E-state index >= 15 is 0 Å². The number of fused-ring (bicyclic) bond motifs is 1. The van der Waals surface area contributed by atoms with Crippen LogP contribution < -0.4 is 10.6 Å². The van der Waals surface area contributed by atoms with Crippen LogP contribution in [-0.2, 0) is 25.5 Å². The Kier molecular flexibility index (Phi) is 7.33. The molecular formula is C33H34ClN3O5. The first-order valence-electron chi connectivity index (χ1n) is 14.3. The number of hydrogen-bond donors (Lipinski definition) is 3. The molecule has 0 aliphatic carbocycles. The highest BCUT2D eigenvalue weighted by molar-refractivity contribution is 6.30. The number of carbonyl (C=O) groups excluding carboxylic acids is 3. The molecule has 7 atom stereocenters. The lowest BCUT2D eigenvalue weighted by atomic mass is 9.62. The van der Waals surface area contributed by atoms with Gasteiger partial charge < -0.3 is 25.4 Å². The second-order valence-electron chi connectivity index (χ2n) is 11.8. The van der Waals surface area contributed by atoms with Gasteiger partial charge in [0, 0.05) is 16.4 Å². The van der Waals surface area contributed by atoms with Crippen LogP contribution in [0, 0.1) is 17.8 Å². The summed E-state index contributed by atoms with van der Waals surface area (Å²) in [5.74, 6) is -2.95. The third-order valence-electron chi connectivity index (χ3n) is 9.35. The predicted molar refractivity (Wildman–Crippen MR) is 160 cm³/mol. The highest BCUT2D eigenvalue weighted by Crippen LogP contribution is 2.65. The zero-order valence-electron chi connectivity index (χ0n) is 23.5. The molecule has 0 saturated carbocycles. The Bertz CT molecular complexity index is 1490. The SMILES string of the molecule is CC1CC23O[C@@]1(C)[C@H](C(=O)Nc1ccccc1)[C@H]2C(=O)N([C@@H](CO)Cc1ccccc1)C3C(=O)Nc1ccc(Cl)cc1. The Morgan fingerprint density at radius 2 is 1.57 bits per heavy atom. The topological polar surface area (TPSA) is 108 Å². The maximum Gasteiger partial charge on any atom is 0.250 e. The number of benzene rings is 3. The van der Waals surface area contributed by atoms with Crippen molar-refractivity contribution in [1.82, 2.24) is 4.90 Å². The van der Waals surface area contributed by atoms with Crippen LogP contribution in [0.1, 0.15) is 25.8 Å². The van der Waals surface area contributed by atoms with Gasteiger partial charge in [-0.1, -0.05) is 67.1 Å². The third-order valence-corrected chi connectivity index (χ3v) is 9.61. The number of carbonyl (C=O) groups is 3. The molecule has 6 rings (SSSR count). The quantitative estimate of drug-likeness (QED) is 0.359. The minimum Gasteiger partial charge on any atom is -0.394 e. The first kappa shape index (κ1) is 28.4. The van der Waals surface area contributed by atoms with E-state index < -0.39 is 41.0 Å². The van der Waals surface area contributed by atoms with Gasteiger partial charge in [-0.25, -0.2) is 0 Å². The maximum atomic E-state index is 14.5. The van der Waals surface area contributed by atoms with E-state index in [1.807, 2.05) is 62.4 Å². The predicted octanol–water partition coefficient (Wildman–Crippen LogP) is 4.53.